The molecule has 29 heavy (non-hydrogen) atoms. The van der Waals surface area contributed by atoms with E-state index in [-0.39, 0.29) is 10.5 Å². The van der Waals surface area contributed by atoms with Gasteiger partial charge in [0.15, 0.2) is 5.78 Å². The maximum Gasteiger partial charge on any atom is 0.437 e. The zero-order chi connectivity index (χ0) is 21.6. The summed E-state index contributed by atoms with van der Waals surface area (Å²) >= 11 is 0. The predicted octanol–water partition coefficient (Wildman–Crippen LogP) is 3.78. The zero-order valence-corrected chi connectivity index (χ0v) is 16.1. The summed E-state index contributed by atoms with van der Waals surface area (Å²) in [7, 11) is 2.18. The Bertz CT molecular complexity index is 932. The van der Waals surface area contributed by atoms with Crippen LogP contribution >= 0.6 is 0 Å². The molecule has 0 bridgehead atoms. The third-order valence-electron chi connectivity index (χ3n) is 5.41. The second-order valence-corrected chi connectivity index (χ2v) is 7.24. The van der Waals surface area contributed by atoms with Crippen LogP contribution in [0.25, 0.3) is 0 Å². The van der Waals surface area contributed by atoms with Gasteiger partial charge in [-0.05, 0) is 12.5 Å². The number of hydrogen-bond acceptors (Lipinski definition) is 3. The molecule has 0 saturated carbocycles. The topological polar surface area (TPSA) is 60.9 Å². The summed E-state index contributed by atoms with van der Waals surface area (Å²) in [5, 5.41) is 10.9. The molecule has 1 heterocycles. The van der Waals surface area contributed by atoms with Crippen LogP contribution in [0.2, 0.25) is 0 Å². The Labute approximate surface area is 166 Å². The van der Waals surface area contributed by atoms with Crippen LogP contribution in [0.3, 0.4) is 0 Å². The molecule has 2 aromatic carbocycles. The molecule has 0 aromatic heterocycles. The Hall–Kier alpha value is -2.87. The summed E-state index contributed by atoms with van der Waals surface area (Å²) in [4.78, 5) is 27.2. The van der Waals surface area contributed by atoms with E-state index in [0.717, 1.165) is 17.5 Å². The summed E-state index contributed by atoms with van der Waals surface area (Å²) in [6.45, 7) is 1.75. The standard InChI is InChI=1S/C21H21F3N2O3/c1-13-8-7-11-15(12-13)17-16(18(27)14-9-5-4-6-10-14)20(29,21(22,23)24)26(3)19(28)25(17)2/h4-12,16-17,29H,1-3H3. The van der Waals surface area contributed by atoms with Crippen LogP contribution in [0.1, 0.15) is 27.5 Å². The molecule has 1 aliphatic rings. The van der Waals surface area contributed by atoms with Crippen LogP contribution in [0.15, 0.2) is 54.6 Å². The highest BCUT2D eigenvalue weighted by molar-refractivity contribution is 6.00. The van der Waals surface area contributed by atoms with E-state index in [1.165, 1.54) is 31.3 Å². The molecular weight excluding hydrogens is 385 g/mol. The van der Waals surface area contributed by atoms with E-state index in [0.29, 0.717) is 5.56 Å². The molecule has 0 spiro atoms. The second-order valence-electron chi connectivity index (χ2n) is 7.24. The number of alkyl halides is 3. The van der Waals surface area contributed by atoms with Gasteiger partial charge in [-0.2, -0.15) is 13.2 Å². The van der Waals surface area contributed by atoms with Crippen LogP contribution in [0.5, 0.6) is 0 Å². The number of hydrogen-bond donors (Lipinski definition) is 1. The monoisotopic (exact) mass is 406 g/mol. The van der Waals surface area contributed by atoms with E-state index in [1.807, 2.05) is 0 Å². The van der Waals surface area contributed by atoms with Gasteiger partial charge in [0.1, 0.15) is 5.92 Å². The summed E-state index contributed by atoms with van der Waals surface area (Å²) in [5.41, 5.74) is -2.55. The number of ketones is 1. The van der Waals surface area contributed by atoms with Gasteiger partial charge in [0.2, 0.25) is 0 Å². The third-order valence-corrected chi connectivity index (χ3v) is 5.41. The number of aliphatic hydroxyl groups is 1. The van der Waals surface area contributed by atoms with Crippen molar-refractivity contribution < 1.29 is 27.9 Å². The minimum Gasteiger partial charge on any atom is -0.363 e. The van der Waals surface area contributed by atoms with Gasteiger partial charge in [-0.25, -0.2) is 4.79 Å². The van der Waals surface area contributed by atoms with Gasteiger partial charge in [-0.1, -0.05) is 60.2 Å². The van der Waals surface area contributed by atoms with Crippen molar-refractivity contribution in [1.29, 1.82) is 0 Å². The van der Waals surface area contributed by atoms with E-state index in [9.17, 15) is 27.9 Å². The fourth-order valence-corrected chi connectivity index (χ4v) is 3.90. The maximum atomic E-state index is 14.2. The van der Waals surface area contributed by atoms with Gasteiger partial charge >= 0.3 is 12.2 Å². The molecule has 3 atom stereocenters. The lowest BCUT2D eigenvalue weighted by molar-refractivity contribution is -0.328. The highest BCUT2D eigenvalue weighted by atomic mass is 19.4. The van der Waals surface area contributed by atoms with E-state index in [2.05, 4.69) is 0 Å². The number of rotatable bonds is 3. The Kier molecular flexibility index (Phi) is 5.17. The molecule has 1 aliphatic heterocycles. The lowest BCUT2D eigenvalue weighted by atomic mass is 9.75. The Morgan fingerprint density at radius 2 is 1.69 bits per heavy atom. The zero-order valence-electron chi connectivity index (χ0n) is 16.1. The number of aryl methyl sites for hydroxylation is 1. The first-order valence-corrected chi connectivity index (χ1v) is 8.95. The van der Waals surface area contributed by atoms with Crippen molar-refractivity contribution >= 4 is 11.8 Å². The van der Waals surface area contributed by atoms with Crippen LogP contribution in [-0.4, -0.2) is 52.7 Å². The smallest absolute Gasteiger partial charge is 0.363 e. The first-order chi connectivity index (χ1) is 13.5. The van der Waals surface area contributed by atoms with Crippen molar-refractivity contribution in [2.24, 2.45) is 5.92 Å². The molecule has 1 fully saturated rings. The van der Waals surface area contributed by atoms with Gasteiger partial charge in [0.05, 0.1) is 6.04 Å². The lowest BCUT2D eigenvalue weighted by Gasteiger charge is -2.53. The Morgan fingerprint density at radius 1 is 1.07 bits per heavy atom. The van der Waals surface area contributed by atoms with Crippen molar-refractivity contribution in [1.82, 2.24) is 9.80 Å². The van der Waals surface area contributed by atoms with Gasteiger partial charge in [0, 0.05) is 19.7 Å². The summed E-state index contributed by atoms with van der Waals surface area (Å²) in [6.07, 6.45) is -5.25. The molecule has 0 radical (unpaired) electrons. The summed E-state index contributed by atoms with van der Waals surface area (Å²) < 4.78 is 42.5. The molecule has 8 heteroatoms. The molecule has 5 nitrogen and oxygen atoms in total. The highest BCUT2D eigenvalue weighted by Crippen LogP contribution is 2.50. The fourth-order valence-electron chi connectivity index (χ4n) is 3.90. The minimum atomic E-state index is -5.25. The number of Topliss-reactive ketones (excluding diaryl/α,β-unsaturated/α-hetero) is 1. The normalized spacial score (nSPS) is 25.3. The molecule has 2 aromatic rings. The van der Waals surface area contributed by atoms with Crippen molar-refractivity contribution in [3.63, 3.8) is 0 Å². The average Bonchev–Trinajstić information content (AvgIpc) is 2.68. The average molecular weight is 406 g/mol. The van der Waals surface area contributed by atoms with Crippen molar-refractivity contribution in [3.8, 4) is 0 Å². The Morgan fingerprint density at radius 3 is 2.24 bits per heavy atom. The number of halogens is 3. The first-order valence-electron chi connectivity index (χ1n) is 8.95. The van der Waals surface area contributed by atoms with Crippen LogP contribution in [0, 0.1) is 12.8 Å². The lowest BCUT2D eigenvalue weighted by Crippen LogP contribution is -2.73. The third kappa shape index (κ3) is 3.27. The molecule has 3 unspecified atom stereocenters. The molecule has 1 saturated heterocycles. The largest absolute Gasteiger partial charge is 0.437 e. The number of amides is 2. The van der Waals surface area contributed by atoms with Crippen LogP contribution in [-0.2, 0) is 0 Å². The number of carbonyl (C=O) groups is 2. The molecule has 2 amide bonds. The predicted molar refractivity (Wildman–Crippen MR) is 100 cm³/mol. The van der Waals surface area contributed by atoms with E-state index >= 15 is 0 Å². The molecular formula is C21H21F3N2O3. The van der Waals surface area contributed by atoms with Crippen molar-refractivity contribution in [2.75, 3.05) is 14.1 Å². The van der Waals surface area contributed by atoms with Gasteiger partial charge < -0.3 is 10.0 Å². The minimum absolute atomic E-state index is 0.0222. The van der Waals surface area contributed by atoms with Gasteiger partial charge in [0.25, 0.3) is 5.72 Å². The molecule has 1 N–H and O–H groups in total. The van der Waals surface area contributed by atoms with Crippen molar-refractivity contribution in [2.45, 2.75) is 24.9 Å². The number of benzene rings is 2. The second kappa shape index (κ2) is 7.18. The summed E-state index contributed by atoms with van der Waals surface area (Å²) in [6, 6.07) is 11.7. The maximum absolute atomic E-state index is 14.2. The first kappa shape index (κ1) is 20.9. The SMILES string of the molecule is Cc1cccc(C2C(C(=O)c3ccccc3)C(O)(C(F)(F)F)N(C)C(=O)N2C)c1. The number of carbonyl (C=O) groups excluding carboxylic acids is 2. The highest BCUT2D eigenvalue weighted by Gasteiger charge is 2.70. The molecule has 0 aliphatic carbocycles. The van der Waals surface area contributed by atoms with E-state index in [4.69, 9.17) is 0 Å². The number of urea groups is 1. The van der Waals surface area contributed by atoms with Gasteiger partial charge in [-0.3, -0.25) is 9.69 Å². The van der Waals surface area contributed by atoms with E-state index in [1.54, 1.807) is 37.3 Å². The quantitative estimate of drug-likeness (QED) is 0.790. The summed E-state index contributed by atoms with van der Waals surface area (Å²) in [5.74, 6) is -2.89. The number of nitrogens with zero attached hydrogens (tertiary/aromatic N) is 2. The van der Waals surface area contributed by atoms with E-state index < -0.39 is 35.7 Å². The molecule has 154 valence electrons. The fraction of sp³-hybridized carbons (Fsp3) is 0.333. The van der Waals surface area contributed by atoms with Crippen LogP contribution in [0.4, 0.5) is 18.0 Å². The van der Waals surface area contributed by atoms with Gasteiger partial charge in [-0.15, -0.1) is 0 Å². The Balaban J connectivity index is 2.28. The molecule has 3 rings (SSSR count). The van der Waals surface area contributed by atoms with Crippen molar-refractivity contribution in [3.05, 3.63) is 71.3 Å². The van der Waals surface area contributed by atoms with Crippen LogP contribution < -0.4 is 0 Å².